The van der Waals surface area contributed by atoms with E-state index in [1.807, 2.05) is 42.0 Å². The third-order valence-electron chi connectivity index (χ3n) is 3.54. The lowest BCUT2D eigenvalue weighted by molar-refractivity contribution is 0.132. The first kappa shape index (κ1) is 13.2. The van der Waals surface area contributed by atoms with Gasteiger partial charge in [-0.2, -0.15) is 0 Å². The molecule has 0 saturated heterocycles. The summed E-state index contributed by atoms with van der Waals surface area (Å²) in [6.45, 7) is 4.38. The molecule has 1 aromatic carbocycles. The van der Waals surface area contributed by atoms with Crippen molar-refractivity contribution < 1.29 is 4.74 Å². The van der Waals surface area contributed by atoms with Crippen molar-refractivity contribution in [3.05, 3.63) is 53.8 Å². The zero-order valence-electron chi connectivity index (χ0n) is 11.6. The summed E-state index contributed by atoms with van der Waals surface area (Å²) in [6.07, 6.45) is 6.29. The molecule has 0 amide bonds. The third-order valence-corrected chi connectivity index (χ3v) is 4.31. The Bertz CT molecular complexity index is 580. The van der Waals surface area contributed by atoms with Crippen molar-refractivity contribution in [2.75, 3.05) is 4.90 Å². The molecule has 0 saturated carbocycles. The van der Waals surface area contributed by atoms with Gasteiger partial charge >= 0.3 is 0 Å². The molecule has 1 aliphatic rings. The van der Waals surface area contributed by atoms with E-state index < -0.39 is 0 Å². The maximum atomic E-state index is 6.15. The van der Waals surface area contributed by atoms with E-state index >= 15 is 0 Å². The Morgan fingerprint density at radius 1 is 1.40 bits per heavy atom. The van der Waals surface area contributed by atoms with E-state index in [2.05, 4.69) is 29.9 Å². The quantitative estimate of drug-likeness (QED) is 0.843. The van der Waals surface area contributed by atoms with Crippen LogP contribution in [0.2, 0.25) is 0 Å². The number of rotatable bonds is 4. The molecule has 3 nitrogen and oxygen atoms in total. The van der Waals surface area contributed by atoms with Crippen LogP contribution in [0.5, 0.6) is 0 Å². The molecule has 1 aliphatic heterocycles. The maximum absolute atomic E-state index is 6.15. The fraction of sp³-hybridized carbons (Fsp3) is 0.312. The van der Waals surface area contributed by atoms with Gasteiger partial charge in [-0.25, -0.2) is 0 Å². The summed E-state index contributed by atoms with van der Waals surface area (Å²) in [7, 11) is 0. The third kappa shape index (κ3) is 2.43. The molecule has 103 valence electrons. The first-order valence-corrected chi connectivity index (χ1v) is 7.71. The van der Waals surface area contributed by atoms with E-state index in [0.29, 0.717) is 5.92 Å². The van der Waals surface area contributed by atoms with Crippen molar-refractivity contribution in [2.24, 2.45) is 5.92 Å². The maximum Gasteiger partial charge on any atom is 0.180 e. The Labute approximate surface area is 123 Å². The molecule has 0 fully saturated rings. The largest absolute Gasteiger partial charge is 0.467 e. The van der Waals surface area contributed by atoms with E-state index in [4.69, 9.17) is 4.74 Å². The van der Waals surface area contributed by atoms with Crippen molar-refractivity contribution in [3.63, 3.8) is 0 Å². The Balaban J connectivity index is 1.93. The number of hydrogen-bond acceptors (Lipinski definition) is 4. The molecule has 0 N–H and O–H groups in total. The van der Waals surface area contributed by atoms with Gasteiger partial charge in [0, 0.05) is 11.5 Å². The zero-order valence-corrected chi connectivity index (χ0v) is 12.4. The average Bonchev–Trinajstić information content (AvgIpc) is 3.16. The smallest absolute Gasteiger partial charge is 0.180 e. The predicted octanol–water partition coefficient (Wildman–Crippen LogP) is 4.15. The molecule has 2 unspecified atom stereocenters. The van der Waals surface area contributed by atoms with Crippen LogP contribution in [-0.2, 0) is 4.74 Å². The van der Waals surface area contributed by atoms with Gasteiger partial charge < -0.3 is 4.74 Å². The van der Waals surface area contributed by atoms with Gasteiger partial charge in [-0.1, -0.05) is 44.2 Å². The predicted molar refractivity (Wildman–Crippen MR) is 82.0 cm³/mol. The Morgan fingerprint density at radius 2 is 2.20 bits per heavy atom. The summed E-state index contributed by atoms with van der Waals surface area (Å²) in [5, 5.41) is 1.07. The summed E-state index contributed by atoms with van der Waals surface area (Å²) in [6, 6.07) is 10.1. The van der Waals surface area contributed by atoms with Gasteiger partial charge in [0.15, 0.2) is 12.0 Å². The molecule has 1 radical (unpaired) electrons. The molecule has 0 bridgehead atoms. The highest BCUT2D eigenvalue weighted by Gasteiger charge is 2.33. The molecular formula is C16H17N2OS. The summed E-state index contributed by atoms with van der Waals surface area (Å²) in [5.41, 5.74) is 2.90. The second-order valence-electron chi connectivity index (χ2n) is 4.91. The lowest BCUT2D eigenvalue weighted by atomic mass is 10.1. The van der Waals surface area contributed by atoms with Crippen LogP contribution in [0, 0.1) is 12.1 Å². The van der Waals surface area contributed by atoms with Crippen molar-refractivity contribution in [1.29, 1.82) is 0 Å². The fourth-order valence-corrected chi connectivity index (χ4v) is 2.79. The van der Waals surface area contributed by atoms with Crippen LogP contribution in [0.1, 0.15) is 25.8 Å². The van der Waals surface area contributed by atoms with Crippen molar-refractivity contribution in [2.45, 2.75) is 26.5 Å². The van der Waals surface area contributed by atoms with Crippen LogP contribution < -0.4 is 4.90 Å². The Kier molecular flexibility index (Phi) is 3.74. The molecule has 2 atom stereocenters. The lowest BCUT2D eigenvalue weighted by Crippen LogP contribution is -2.33. The number of aromatic nitrogens is 1. The fourth-order valence-electron chi connectivity index (χ4n) is 2.18. The van der Waals surface area contributed by atoms with Crippen LogP contribution in [0.25, 0.3) is 5.76 Å². The van der Waals surface area contributed by atoms with Gasteiger partial charge in [0.25, 0.3) is 0 Å². The van der Waals surface area contributed by atoms with Crippen LogP contribution in [0.3, 0.4) is 0 Å². The van der Waals surface area contributed by atoms with Gasteiger partial charge in [0.1, 0.15) is 11.2 Å². The normalized spacial score (nSPS) is 19.6. The first-order valence-electron chi connectivity index (χ1n) is 6.83. The van der Waals surface area contributed by atoms with E-state index in [0.717, 1.165) is 22.7 Å². The molecule has 1 aromatic heterocycles. The van der Waals surface area contributed by atoms with Gasteiger partial charge in [-0.05, 0) is 6.42 Å². The zero-order chi connectivity index (χ0) is 13.9. The van der Waals surface area contributed by atoms with Crippen LogP contribution in [0.4, 0.5) is 5.00 Å². The van der Waals surface area contributed by atoms with E-state index in [1.165, 1.54) is 0 Å². The lowest BCUT2D eigenvalue weighted by Gasteiger charge is -2.26. The number of benzene rings is 1. The topological polar surface area (TPSA) is 25.4 Å². The Morgan fingerprint density at radius 3 is 2.85 bits per heavy atom. The first-order chi connectivity index (χ1) is 9.79. The van der Waals surface area contributed by atoms with Crippen LogP contribution in [-0.4, -0.2) is 11.2 Å². The van der Waals surface area contributed by atoms with Gasteiger partial charge in [0.2, 0.25) is 0 Å². The molecular weight excluding hydrogens is 268 g/mol. The van der Waals surface area contributed by atoms with E-state index in [9.17, 15) is 0 Å². The monoisotopic (exact) mass is 285 g/mol. The van der Waals surface area contributed by atoms with Crippen molar-refractivity contribution in [1.82, 2.24) is 4.98 Å². The number of anilines is 1. The molecule has 0 aliphatic carbocycles. The second kappa shape index (κ2) is 5.67. The molecule has 20 heavy (non-hydrogen) atoms. The molecule has 0 spiro atoms. The Hall–Kier alpha value is -1.81. The number of hydrogen-bond donors (Lipinski definition) is 0. The number of ether oxygens (including phenoxy) is 1. The summed E-state index contributed by atoms with van der Waals surface area (Å²) in [5.74, 6) is 1.23. The van der Waals surface area contributed by atoms with Crippen LogP contribution in [0.15, 0.2) is 42.0 Å². The van der Waals surface area contributed by atoms with Gasteiger partial charge in [0.05, 0.1) is 11.7 Å². The van der Waals surface area contributed by atoms with Crippen molar-refractivity contribution >= 4 is 22.1 Å². The summed E-state index contributed by atoms with van der Waals surface area (Å²) < 4.78 is 6.15. The minimum absolute atomic E-state index is 0.00402. The second-order valence-corrected chi connectivity index (χ2v) is 5.78. The highest BCUT2D eigenvalue weighted by atomic mass is 32.1. The minimum Gasteiger partial charge on any atom is -0.467 e. The van der Waals surface area contributed by atoms with Gasteiger partial charge in [-0.15, -0.1) is 11.3 Å². The molecule has 3 rings (SSSR count). The van der Waals surface area contributed by atoms with Crippen molar-refractivity contribution in [3.8, 4) is 0 Å². The molecule has 2 aromatic rings. The SMILES string of the molecule is CCC(C)C1OC(c2ccccc2)=[C]N1c1cncs1. The highest BCUT2D eigenvalue weighted by Crippen LogP contribution is 2.35. The number of thiazole rings is 1. The molecule has 2 heterocycles. The van der Waals surface area contributed by atoms with E-state index in [1.54, 1.807) is 11.3 Å². The molecule has 4 heteroatoms. The minimum atomic E-state index is -0.00402. The van der Waals surface area contributed by atoms with E-state index in [-0.39, 0.29) is 6.23 Å². The summed E-state index contributed by atoms with van der Waals surface area (Å²) in [4.78, 5) is 6.23. The average molecular weight is 285 g/mol. The van der Waals surface area contributed by atoms with Crippen LogP contribution >= 0.6 is 11.3 Å². The summed E-state index contributed by atoms with van der Waals surface area (Å²) >= 11 is 1.61. The van der Waals surface area contributed by atoms with Gasteiger partial charge in [-0.3, -0.25) is 9.88 Å². The number of nitrogens with zero attached hydrogens (tertiary/aromatic N) is 2. The highest BCUT2D eigenvalue weighted by molar-refractivity contribution is 7.13. The standard InChI is InChI=1S/C16H17N2OS/c1-3-12(2)16-18(15-9-17-11-20-15)10-14(19-16)13-7-5-4-6-8-13/h4-9,11-12,16H,3H2,1-2H3.